The molecule has 0 aliphatic carbocycles. The van der Waals surface area contributed by atoms with Gasteiger partial charge in [0.2, 0.25) is 6.19 Å². The number of amidine groups is 1. The van der Waals surface area contributed by atoms with Gasteiger partial charge < -0.3 is 4.90 Å². The van der Waals surface area contributed by atoms with Crippen LogP contribution in [0.15, 0.2) is 4.99 Å². The Labute approximate surface area is 78.5 Å². The molecule has 0 heterocycles. The van der Waals surface area contributed by atoms with Crippen molar-refractivity contribution in [3.05, 3.63) is 0 Å². The Morgan fingerprint density at radius 1 is 1.58 bits per heavy atom. The molecule has 12 heavy (non-hydrogen) atoms. The summed E-state index contributed by atoms with van der Waals surface area (Å²) in [5.41, 5.74) is 0. The van der Waals surface area contributed by atoms with Gasteiger partial charge in [-0.2, -0.15) is 5.26 Å². The van der Waals surface area contributed by atoms with Gasteiger partial charge in [0, 0.05) is 13.1 Å². The molecule has 0 unspecified atom stereocenters. The van der Waals surface area contributed by atoms with E-state index in [1.807, 2.05) is 12.4 Å². The van der Waals surface area contributed by atoms with E-state index in [0.717, 1.165) is 24.7 Å². The summed E-state index contributed by atoms with van der Waals surface area (Å²) in [6.45, 7) is 6.07. The maximum absolute atomic E-state index is 8.40. The highest BCUT2D eigenvalue weighted by Crippen LogP contribution is 2.05. The van der Waals surface area contributed by atoms with E-state index >= 15 is 0 Å². The number of thioether (sulfide) groups is 1. The summed E-state index contributed by atoms with van der Waals surface area (Å²) < 4.78 is 0. The van der Waals surface area contributed by atoms with Gasteiger partial charge >= 0.3 is 0 Å². The number of hydrogen-bond acceptors (Lipinski definition) is 3. The normalized spacial score (nSPS) is 11.0. The minimum absolute atomic E-state index is 0.821. The molecule has 0 aromatic rings. The minimum atomic E-state index is 0.821. The lowest BCUT2D eigenvalue weighted by Gasteiger charge is -2.21. The summed E-state index contributed by atoms with van der Waals surface area (Å²) in [4.78, 5) is 5.85. The van der Waals surface area contributed by atoms with E-state index in [-0.39, 0.29) is 0 Å². The van der Waals surface area contributed by atoms with Crippen LogP contribution in [0.2, 0.25) is 0 Å². The Bertz CT molecular complexity index is 183. The molecule has 0 saturated carbocycles. The summed E-state index contributed by atoms with van der Waals surface area (Å²) in [6.07, 6.45) is 4.84. The highest BCUT2D eigenvalue weighted by Gasteiger charge is 2.05. The van der Waals surface area contributed by atoms with Crippen molar-refractivity contribution in [1.82, 2.24) is 4.90 Å². The summed E-state index contributed by atoms with van der Waals surface area (Å²) in [5.74, 6) is 0. The van der Waals surface area contributed by atoms with Crippen molar-refractivity contribution >= 4 is 16.9 Å². The molecule has 0 spiro atoms. The van der Waals surface area contributed by atoms with Gasteiger partial charge in [0.1, 0.15) is 0 Å². The maximum Gasteiger partial charge on any atom is 0.208 e. The second-order valence-corrected chi connectivity index (χ2v) is 3.05. The fourth-order valence-electron chi connectivity index (χ4n) is 0.947. The van der Waals surface area contributed by atoms with E-state index < -0.39 is 0 Å². The quantitative estimate of drug-likeness (QED) is 0.383. The fourth-order valence-corrected chi connectivity index (χ4v) is 1.56. The molecule has 0 aromatic heterocycles. The molecule has 0 N–H and O–H groups in total. The molecule has 0 saturated heterocycles. The van der Waals surface area contributed by atoms with E-state index in [1.165, 1.54) is 11.8 Å². The highest BCUT2D eigenvalue weighted by atomic mass is 32.2. The topological polar surface area (TPSA) is 39.4 Å². The van der Waals surface area contributed by atoms with Crippen LogP contribution in [-0.2, 0) is 0 Å². The van der Waals surface area contributed by atoms with Crippen molar-refractivity contribution < 1.29 is 0 Å². The largest absolute Gasteiger partial charge is 0.351 e. The summed E-state index contributed by atoms with van der Waals surface area (Å²) in [5, 5.41) is 9.22. The van der Waals surface area contributed by atoms with Gasteiger partial charge in [-0.05, 0) is 19.6 Å². The predicted octanol–water partition coefficient (Wildman–Crippen LogP) is 1.92. The zero-order chi connectivity index (χ0) is 9.40. The van der Waals surface area contributed by atoms with Gasteiger partial charge in [0.05, 0.1) is 0 Å². The Kier molecular flexibility index (Phi) is 6.58. The Morgan fingerprint density at radius 2 is 2.25 bits per heavy atom. The van der Waals surface area contributed by atoms with Crippen molar-refractivity contribution in [1.29, 1.82) is 5.26 Å². The van der Waals surface area contributed by atoms with E-state index in [0.29, 0.717) is 0 Å². The molecule has 0 amide bonds. The zero-order valence-electron chi connectivity index (χ0n) is 7.87. The van der Waals surface area contributed by atoms with Crippen LogP contribution in [0, 0.1) is 11.5 Å². The van der Waals surface area contributed by atoms with Crippen LogP contribution < -0.4 is 0 Å². The van der Waals surface area contributed by atoms with Gasteiger partial charge in [-0.25, -0.2) is 0 Å². The van der Waals surface area contributed by atoms with Crippen molar-refractivity contribution in [2.24, 2.45) is 4.99 Å². The molecule has 0 radical (unpaired) electrons. The number of aliphatic imine (C=N–C) groups is 1. The van der Waals surface area contributed by atoms with Gasteiger partial charge in [0.25, 0.3) is 0 Å². The Balaban J connectivity index is 4.25. The smallest absolute Gasteiger partial charge is 0.208 e. The van der Waals surface area contributed by atoms with Crippen molar-refractivity contribution in [3.8, 4) is 6.19 Å². The van der Waals surface area contributed by atoms with Crippen LogP contribution in [0.25, 0.3) is 0 Å². The van der Waals surface area contributed by atoms with Gasteiger partial charge in [0.15, 0.2) is 5.17 Å². The summed E-state index contributed by atoms with van der Waals surface area (Å²) >= 11 is 1.52. The maximum atomic E-state index is 8.40. The summed E-state index contributed by atoms with van der Waals surface area (Å²) in [7, 11) is 0. The molecule has 4 heteroatoms. The van der Waals surface area contributed by atoms with Crippen LogP contribution in [-0.4, -0.2) is 29.4 Å². The van der Waals surface area contributed by atoms with Crippen molar-refractivity contribution in [2.45, 2.75) is 20.3 Å². The molecule has 0 atom stereocenters. The third kappa shape index (κ3) is 3.63. The van der Waals surface area contributed by atoms with E-state index in [4.69, 9.17) is 5.26 Å². The number of rotatable bonds is 3. The minimum Gasteiger partial charge on any atom is -0.351 e. The molecule has 0 bridgehead atoms. The SMILES string of the molecule is CCCN(CC)C(=NC#N)SC. The first kappa shape index (κ1) is 11.3. The number of nitrogens with zero attached hydrogens (tertiary/aromatic N) is 3. The third-order valence-electron chi connectivity index (χ3n) is 1.47. The third-order valence-corrected chi connectivity index (χ3v) is 2.19. The second-order valence-electron chi connectivity index (χ2n) is 2.28. The van der Waals surface area contributed by atoms with Crippen LogP contribution in [0.3, 0.4) is 0 Å². The monoisotopic (exact) mass is 185 g/mol. The first-order chi connectivity index (χ1) is 5.79. The molecular formula is C8H15N3S. The van der Waals surface area contributed by atoms with E-state index in [2.05, 4.69) is 23.7 Å². The lowest BCUT2D eigenvalue weighted by molar-refractivity contribution is 0.448. The first-order valence-corrected chi connectivity index (χ1v) is 5.28. The van der Waals surface area contributed by atoms with E-state index in [9.17, 15) is 0 Å². The number of nitriles is 1. The Hall–Kier alpha value is -0.690. The summed E-state index contributed by atoms with van der Waals surface area (Å²) in [6, 6.07) is 0. The lowest BCUT2D eigenvalue weighted by atomic mass is 10.4. The molecule has 0 aliphatic rings. The average molecular weight is 185 g/mol. The van der Waals surface area contributed by atoms with Crippen LogP contribution >= 0.6 is 11.8 Å². The molecule has 0 aliphatic heterocycles. The van der Waals surface area contributed by atoms with Crippen molar-refractivity contribution in [2.75, 3.05) is 19.3 Å². The standard InChI is InChI=1S/C8H15N3S/c1-4-6-11(5-2)8(12-3)10-7-9/h4-6H2,1-3H3. The molecule has 0 fully saturated rings. The van der Waals surface area contributed by atoms with Crippen LogP contribution in [0.4, 0.5) is 0 Å². The molecule has 68 valence electrons. The predicted molar refractivity (Wildman–Crippen MR) is 54.1 cm³/mol. The fraction of sp³-hybridized carbons (Fsp3) is 0.750. The average Bonchev–Trinajstić information content (AvgIpc) is 2.11. The van der Waals surface area contributed by atoms with Crippen molar-refractivity contribution in [3.63, 3.8) is 0 Å². The van der Waals surface area contributed by atoms with Gasteiger partial charge in [-0.15, -0.1) is 4.99 Å². The molecule has 0 rings (SSSR count). The zero-order valence-corrected chi connectivity index (χ0v) is 8.69. The molecule has 3 nitrogen and oxygen atoms in total. The van der Waals surface area contributed by atoms with Crippen LogP contribution in [0.1, 0.15) is 20.3 Å². The first-order valence-electron chi connectivity index (χ1n) is 4.05. The Morgan fingerprint density at radius 3 is 2.58 bits per heavy atom. The molecular weight excluding hydrogens is 170 g/mol. The molecule has 0 aromatic carbocycles. The lowest BCUT2D eigenvalue weighted by Crippen LogP contribution is -2.29. The van der Waals surface area contributed by atoms with Crippen LogP contribution in [0.5, 0.6) is 0 Å². The van der Waals surface area contributed by atoms with E-state index in [1.54, 1.807) is 0 Å². The second kappa shape index (κ2) is 6.99. The van der Waals surface area contributed by atoms with Gasteiger partial charge in [-0.3, -0.25) is 0 Å². The van der Waals surface area contributed by atoms with Gasteiger partial charge in [-0.1, -0.05) is 18.7 Å². The number of hydrogen-bond donors (Lipinski definition) is 0. The highest BCUT2D eigenvalue weighted by molar-refractivity contribution is 8.13.